The van der Waals surface area contributed by atoms with E-state index in [9.17, 15) is 8.42 Å². The monoisotopic (exact) mass is 259 g/mol. The average Bonchev–Trinajstić information content (AvgIpc) is 2.20. The molecule has 0 aliphatic heterocycles. The molecule has 1 aromatic rings. The minimum atomic E-state index is -3.59. The van der Waals surface area contributed by atoms with Crippen molar-refractivity contribution in [2.45, 2.75) is 19.1 Å². The van der Waals surface area contributed by atoms with Crippen molar-refractivity contribution < 1.29 is 8.42 Å². The first-order valence-electron chi connectivity index (χ1n) is 4.56. The summed E-state index contributed by atoms with van der Waals surface area (Å²) in [5.74, 6) is 0. The fraction of sp³-hybridized carbons (Fsp3) is 0.333. The number of aryl methyl sites for hydroxylation is 1. The topological polar surface area (TPSA) is 85.1 Å². The molecular formula is C9H13N3O2S2. The maximum Gasteiger partial charge on any atom is 0.241 e. The highest BCUT2D eigenvalue weighted by molar-refractivity contribution is 7.95. The van der Waals surface area contributed by atoms with Crippen LogP contribution in [0.3, 0.4) is 0 Å². The number of rotatable bonds is 4. The molecule has 16 heavy (non-hydrogen) atoms. The van der Waals surface area contributed by atoms with Crippen molar-refractivity contribution in [3.8, 4) is 0 Å². The smallest absolute Gasteiger partial charge is 0.241 e. The van der Waals surface area contributed by atoms with Crippen LogP contribution >= 0.6 is 12.2 Å². The summed E-state index contributed by atoms with van der Waals surface area (Å²) in [4.78, 5) is 3.78. The number of thiocarbonyl (C=S) groups is 1. The van der Waals surface area contributed by atoms with Crippen LogP contribution in [0.15, 0.2) is 18.5 Å². The van der Waals surface area contributed by atoms with Gasteiger partial charge < -0.3 is 5.73 Å². The Labute approximate surface area is 100 Å². The van der Waals surface area contributed by atoms with Gasteiger partial charge in [0.05, 0.1) is 16.9 Å². The standard InChI is InChI=1S/C9H13N3O2S2/c1-6-3-4-11-5-8(6)12-16(13,14)7(2)9(10)15/h3-5,7,12H,1-2H3,(H2,10,15). The normalized spacial score (nSPS) is 13.1. The lowest BCUT2D eigenvalue weighted by Crippen LogP contribution is -2.35. The summed E-state index contributed by atoms with van der Waals surface area (Å²) in [6, 6.07) is 1.71. The maximum absolute atomic E-state index is 11.8. The predicted molar refractivity (Wildman–Crippen MR) is 67.8 cm³/mol. The SMILES string of the molecule is Cc1ccncc1NS(=O)(=O)C(C)C(N)=S. The molecular weight excluding hydrogens is 246 g/mol. The molecule has 0 aromatic carbocycles. The molecule has 1 atom stereocenters. The van der Waals surface area contributed by atoms with Crippen LogP contribution in [-0.4, -0.2) is 23.6 Å². The van der Waals surface area contributed by atoms with E-state index in [1.807, 2.05) is 0 Å². The van der Waals surface area contributed by atoms with E-state index in [2.05, 4.69) is 21.9 Å². The molecule has 7 heteroatoms. The third-order valence-electron chi connectivity index (χ3n) is 2.16. The van der Waals surface area contributed by atoms with E-state index in [0.717, 1.165) is 5.56 Å². The minimum absolute atomic E-state index is 0.0611. The largest absolute Gasteiger partial charge is 0.392 e. The molecule has 5 nitrogen and oxygen atoms in total. The molecule has 0 saturated carbocycles. The summed E-state index contributed by atoms with van der Waals surface area (Å²) in [5, 5.41) is -0.915. The summed E-state index contributed by atoms with van der Waals surface area (Å²) in [5.41, 5.74) is 6.53. The number of nitrogens with two attached hydrogens (primary N) is 1. The number of nitrogens with zero attached hydrogens (tertiary/aromatic N) is 1. The number of anilines is 1. The highest BCUT2D eigenvalue weighted by Gasteiger charge is 2.23. The van der Waals surface area contributed by atoms with Crippen LogP contribution < -0.4 is 10.5 Å². The minimum Gasteiger partial charge on any atom is -0.392 e. The molecule has 0 bridgehead atoms. The van der Waals surface area contributed by atoms with Gasteiger partial charge in [-0.15, -0.1) is 0 Å². The van der Waals surface area contributed by atoms with E-state index in [4.69, 9.17) is 5.73 Å². The van der Waals surface area contributed by atoms with Gasteiger partial charge in [-0.2, -0.15) is 0 Å². The van der Waals surface area contributed by atoms with E-state index < -0.39 is 15.3 Å². The molecule has 0 aliphatic rings. The Bertz CT molecular complexity index is 499. The average molecular weight is 259 g/mol. The number of sulfonamides is 1. The van der Waals surface area contributed by atoms with E-state index >= 15 is 0 Å². The second kappa shape index (κ2) is 4.75. The molecule has 88 valence electrons. The summed E-state index contributed by atoms with van der Waals surface area (Å²) in [6.07, 6.45) is 3.03. The van der Waals surface area contributed by atoms with Crippen LogP contribution in [-0.2, 0) is 10.0 Å². The summed E-state index contributed by atoms with van der Waals surface area (Å²) in [6.45, 7) is 3.22. The van der Waals surface area contributed by atoms with Crippen LogP contribution in [0.4, 0.5) is 5.69 Å². The molecule has 3 N–H and O–H groups in total. The van der Waals surface area contributed by atoms with Gasteiger partial charge in [0.2, 0.25) is 10.0 Å². The summed E-state index contributed by atoms with van der Waals surface area (Å²) >= 11 is 4.66. The molecule has 1 unspecified atom stereocenters. The number of aromatic nitrogens is 1. The number of hydrogen-bond donors (Lipinski definition) is 2. The van der Waals surface area contributed by atoms with Crippen LogP contribution in [0.1, 0.15) is 12.5 Å². The van der Waals surface area contributed by atoms with Crippen LogP contribution in [0.2, 0.25) is 0 Å². The molecule has 0 amide bonds. The second-order valence-electron chi connectivity index (χ2n) is 3.38. The lowest BCUT2D eigenvalue weighted by Gasteiger charge is -2.14. The van der Waals surface area contributed by atoms with E-state index in [0.29, 0.717) is 5.69 Å². The Hall–Kier alpha value is -1.21. The quantitative estimate of drug-likeness (QED) is 0.781. The van der Waals surface area contributed by atoms with Gasteiger partial charge in [-0.1, -0.05) is 12.2 Å². The van der Waals surface area contributed by atoms with Crippen LogP contribution in [0, 0.1) is 6.92 Å². The fourth-order valence-corrected chi connectivity index (χ4v) is 2.35. The van der Waals surface area contributed by atoms with Gasteiger partial charge in [-0.05, 0) is 25.5 Å². The Morgan fingerprint density at radius 1 is 1.62 bits per heavy atom. The first-order chi connectivity index (χ1) is 7.34. The Balaban J connectivity index is 2.98. The molecule has 0 aliphatic carbocycles. The van der Waals surface area contributed by atoms with Crippen molar-refractivity contribution in [1.29, 1.82) is 0 Å². The molecule has 0 saturated heterocycles. The third kappa shape index (κ3) is 2.89. The first-order valence-corrected chi connectivity index (χ1v) is 6.51. The predicted octanol–water partition coefficient (Wildman–Crippen LogP) is 0.806. The van der Waals surface area contributed by atoms with Crippen LogP contribution in [0.5, 0.6) is 0 Å². The molecule has 1 aromatic heterocycles. The summed E-state index contributed by atoms with van der Waals surface area (Å²) < 4.78 is 26.0. The molecule has 1 rings (SSSR count). The van der Waals surface area contributed by atoms with E-state index in [1.165, 1.54) is 13.1 Å². The highest BCUT2D eigenvalue weighted by atomic mass is 32.2. The van der Waals surface area contributed by atoms with Crippen molar-refractivity contribution in [2.24, 2.45) is 5.73 Å². The van der Waals surface area contributed by atoms with Gasteiger partial charge >= 0.3 is 0 Å². The van der Waals surface area contributed by atoms with Gasteiger partial charge in [-0.25, -0.2) is 8.42 Å². The molecule has 0 fully saturated rings. The van der Waals surface area contributed by atoms with Crippen molar-refractivity contribution in [3.63, 3.8) is 0 Å². The Kier molecular flexibility index (Phi) is 3.82. The molecule has 0 radical (unpaired) electrons. The molecule has 0 spiro atoms. The molecule has 1 heterocycles. The van der Waals surface area contributed by atoms with E-state index in [-0.39, 0.29) is 4.99 Å². The van der Waals surface area contributed by atoms with Gasteiger partial charge in [0.25, 0.3) is 0 Å². The third-order valence-corrected chi connectivity index (χ3v) is 4.35. The zero-order valence-corrected chi connectivity index (χ0v) is 10.6. The number of pyridine rings is 1. The Morgan fingerprint density at radius 2 is 2.25 bits per heavy atom. The fourth-order valence-electron chi connectivity index (χ4n) is 0.965. The van der Waals surface area contributed by atoms with Crippen molar-refractivity contribution in [3.05, 3.63) is 24.0 Å². The van der Waals surface area contributed by atoms with Crippen molar-refractivity contribution in [2.75, 3.05) is 4.72 Å². The lowest BCUT2D eigenvalue weighted by atomic mass is 10.3. The first kappa shape index (κ1) is 12.9. The maximum atomic E-state index is 11.8. The second-order valence-corrected chi connectivity index (χ2v) is 5.85. The lowest BCUT2D eigenvalue weighted by molar-refractivity contribution is 0.598. The summed E-state index contributed by atoms with van der Waals surface area (Å²) in [7, 11) is -3.59. The van der Waals surface area contributed by atoms with E-state index in [1.54, 1.807) is 19.2 Å². The van der Waals surface area contributed by atoms with Gasteiger partial charge in [0, 0.05) is 6.20 Å². The van der Waals surface area contributed by atoms with Crippen molar-refractivity contribution >= 4 is 32.9 Å². The van der Waals surface area contributed by atoms with Crippen LogP contribution in [0.25, 0.3) is 0 Å². The zero-order valence-electron chi connectivity index (χ0n) is 8.97. The Morgan fingerprint density at radius 3 is 2.75 bits per heavy atom. The van der Waals surface area contributed by atoms with Gasteiger partial charge in [0.15, 0.2) is 0 Å². The van der Waals surface area contributed by atoms with Gasteiger partial charge in [0.1, 0.15) is 5.25 Å². The highest BCUT2D eigenvalue weighted by Crippen LogP contribution is 2.15. The van der Waals surface area contributed by atoms with Gasteiger partial charge in [-0.3, -0.25) is 9.71 Å². The zero-order chi connectivity index (χ0) is 12.3. The van der Waals surface area contributed by atoms with Crippen molar-refractivity contribution in [1.82, 2.24) is 4.98 Å². The number of hydrogen-bond acceptors (Lipinski definition) is 4. The number of nitrogens with one attached hydrogen (secondary N) is 1.